The summed E-state index contributed by atoms with van der Waals surface area (Å²) in [5.41, 5.74) is 2.23. The van der Waals surface area contributed by atoms with Crippen LogP contribution in [-0.4, -0.2) is 18.6 Å². The number of carbonyl (C=O) groups excluding carboxylic acids is 1. The predicted octanol–water partition coefficient (Wildman–Crippen LogP) is 2.87. The molecule has 1 aliphatic rings. The van der Waals surface area contributed by atoms with Crippen LogP contribution in [0.15, 0.2) is 41.8 Å². The molecule has 19 heavy (non-hydrogen) atoms. The lowest BCUT2D eigenvalue weighted by atomic mass is 10.1. The van der Waals surface area contributed by atoms with Crippen LogP contribution in [0.4, 0.5) is 5.69 Å². The van der Waals surface area contributed by atoms with E-state index in [1.807, 2.05) is 35.7 Å². The number of carbonyl (C=O) groups is 1. The van der Waals surface area contributed by atoms with Gasteiger partial charge in [0.2, 0.25) is 0 Å². The van der Waals surface area contributed by atoms with Gasteiger partial charge in [0.15, 0.2) is 0 Å². The van der Waals surface area contributed by atoms with Crippen molar-refractivity contribution < 1.29 is 9.53 Å². The standard InChI is InChI=1S/C15H15NO2S/c17-15(18-8-7-12-5-3-9-19-12)14-10-11-4-1-2-6-13(11)16-14/h1-6,9,14,16H,7-8,10H2. The van der Waals surface area contributed by atoms with E-state index in [0.29, 0.717) is 13.0 Å². The molecule has 4 heteroatoms. The molecule has 1 atom stereocenters. The Kier molecular flexibility index (Phi) is 3.51. The Morgan fingerprint density at radius 1 is 1.32 bits per heavy atom. The SMILES string of the molecule is O=C(OCCc1cccs1)C1Cc2ccccc2N1. The number of nitrogens with one attached hydrogen (secondary N) is 1. The van der Waals surface area contributed by atoms with Crippen LogP contribution in [0, 0.1) is 0 Å². The van der Waals surface area contributed by atoms with Crippen molar-refractivity contribution in [2.45, 2.75) is 18.9 Å². The summed E-state index contributed by atoms with van der Waals surface area (Å²) in [7, 11) is 0. The molecule has 2 aromatic rings. The fraction of sp³-hybridized carbons (Fsp3) is 0.267. The van der Waals surface area contributed by atoms with Gasteiger partial charge < -0.3 is 10.1 Å². The number of hydrogen-bond donors (Lipinski definition) is 1. The second-order valence-corrected chi connectivity index (χ2v) is 5.59. The van der Waals surface area contributed by atoms with Gasteiger partial charge >= 0.3 is 5.97 Å². The van der Waals surface area contributed by atoms with Gasteiger partial charge in [-0.1, -0.05) is 24.3 Å². The van der Waals surface area contributed by atoms with Crippen molar-refractivity contribution in [3.63, 3.8) is 0 Å². The van der Waals surface area contributed by atoms with Gasteiger partial charge in [0.25, 0.3) is 0 Å². The highest BCUT2D eigenvalue weighted by atomic mass is 32.1. The zero-order chi connectivity index (χ0) is 13.1. The first kappa shape index (κ1) is 12.2. The molecule has 0 amide bonds. The Balaban J connectivity index is 1.50. The number of ether oxygens (including phenoxy) is 1. The Bertz CT molecular complexity index is 540. The largest absolute Gasteiger partial charge is 0.464 e. The normalized spacial score (nSPS) is 16.7. The van der Waals surface area contributed by atoms with Crippen molar-refractivity contribution >= 4 is 23.0 Å². The van der Waals surface area contributed by atoms with Gasteiger partial charge in [-0.2, -0.15) is 0 Å². The number of para-hydroxylation sites is 1. The van der Waals surface area contributed by atoms with E-state index in [4.69, 9.17) is 4.74 Å². The minimum Gasteiger partial charge on any atom is -0.464 e. The summed E-state index contributed by atoms with van der Waals surface area (Å²) in [6.07, 6.45) is 1.51. The average Bonchev–Trinajstić information content (AvgIpc) is 3.07. The van der Waals surface area contributed by atoms with Crippen LogP contribution in [0.25, 0.3) is 0 Å². The van der Waals surface area contributed by atoms with Crippen LogP contribution in [-0.2, 0) is 22.4 Å². The Labute approximate surface area is 116 Å². The fourth-order valence-electron chi connectivity index (χ4n) is 2.25. The van der Waals surface area contributed by atoms with E-state index < -0.39 is 0 Å². The van der Waals surface area contributed by atoms with Crippen molar-refractivity contribution in [3.8, 4) is 0 Å². The molecule has 0 radical (unpaired) electrons. The highest BCUT2D eigenvalue weighted by Crippen LogP contribution is 2.25. The van der Waals surface area contributed by atoms with E-state index >= 15 is 0 Å². The lowest BCUT2D eigenvalue weighted by molar-refractivity contribution is -0.144. The van der Waals surface area contributed by atoms with E-state index in [0.717, 1.165) is 12.1 Å². The maximum atomic E-state index is 12.0. The third kappa shape index (κ3) is 2.79. The van der Waals surface area contributed by atoms with Gasteiger partial charge in [-0.3, -0.25) is 0 Å². The summed E-state index contributed by atoms with van der Waals surface area (Å²) in [6, 6.07) is 11.8. The Morgan fingerprint density at radius 2 is 2.21 bits per heavy atom. The molecular weight excluding hydrogens is 258 g/mol. The molecule has 0 saturated heterocycles. The molecular formula is C15H15NO2S. The van der Waals surface area contributed by atoms with Gasteiger partial charge in [-0.25, -0.2) is 4.79 Å². The number of thiophene rings is 1. The lowest BCUT2D eigenvalue weighted by Crippen LogP contribution is -2.29. The molecule has 0 spiro atoms. The van der Waals surface area contributed by atoms with Gasteiger partial charge in [0.05, 0.1) is 6.61 Å². The summed E-state index contributed by atoms with van der Waals surface area (Å²) in [5, 5.41) is 5.24. The second-order valence-electron chi connectivity index (χ2n) is 4.56. The number of rotatable bonds is 4. The van der Waals surface area contributed by atoms with E-state index in [2.05, 4.69) is 11.4 Å². The molecule has 1 unspecified atom stereocenters. The van der Waals surface area contributed by atoms with Crippen LogP contribution < -0.4 is 5.32 Å². The number of esters is 1. The van der Waals surface area contributed by atoms with Crippen LogP contribution in [0.5, 0.6) is 0 Å². The summed E-state index contributed by atoms with van der Waals surface area (Å²) in [4.78, 5) is 13.2. The van der Waals surface area contributed by atoms with E-state index in [1.54, 1.807) is 11.3 Å². The number of fused-ring (bicyclic) bond motifs is 1. The molecule has 2 heterocycles. The first-order valence-electron chi connectivity index (χ1n) is 6.36. The molecule has 0 aliphatic carbocycles. The van der Waals surface area contributed by atoms with Crippen molar-refractivity contribution in [2.75, 3.05) is 11.9 Å². The average molecular weight is 273 g/mol. The lowest BCUT2D eigenvalue weighted by Gasteiger charge is -2.10. The summed E-state index contributed by atoms with van der Waals surface area (Å²) >= 11 is 1.69. The fourth-order valence-corrected chi connectivity index (χ4v) is 2.94. The Hall–Kier alpha value is -1.81. The number of anilines is 1. The topological polar surface area (TPSA) is 38.3 Å². The third-order valence-electron chi connectivity index (χ3n) is 3.23. The minimum atomic E-state index is -0.235. The van der Waals surface area contributed by atoms with Crippen molar-refractivity contribution in [1.29, 1.82) is 0 Å². The zero-order valence-corrected chi connectivity index (χ0v) is 11.3. The van der Waals surface area contributed by atoms with E-state index in [9.17, 15) is 4.79 Å². The first-order valence-corrected chi connectivity index (χ1v) is 7.24. The molecule has 1 N–H and O–H groups in total. The van der Waals surface area contributed by atoms with Gasteiger partial charge in [-0.15, -0.1) is 11.3 Å². The van der Waals surface area contributed by atoms with E-state index in [1.165, 1.54) is 10.4 Å². The van der Waals surface area contributed by atoms with Crippen LogP contribution in [0.2, 0.25) is 0 Å². The molecule has 0 fully saturated rings. The van der Waals surface area contributed by atoms with Gasteiger partial charge in [-0.05, 0) is 23.1 Å². The molecule has 98 valence electrons. The molecule has 1 aliphatic heterocycles. The molecule has 1 aromatic carbocycles. The second kappa shape index (κ2) is 5.45. The third-order valence-corrected chi connectivity index (χ3v) is 4.16. The minimum absolute atomic E-state index is 0.159. The number of hydrogen-bond acceptors (Lipinski definition) is 4. The quantitative estimate of drug-likeness (QED) is 0.871. The molecule has 1 aromatic heterocycles. The molecule has 3 nitrogen and oxygen atoms in total. The van der Waals surface area contributed by atoms with Crippen LogP contribution >= 0.6 is 11.3 Å². The highest BCUT2D eigenvalue weighted by Gasteiger charge is 2.27. The van der Waals surface area contributed by atoms with Crippen molar-refractivity contribution in [3.05, 3.63) is 52.2 Å². The number of benzene rings is 1. The first-order chi connectivity index (χ1) is 9.33. The monoisotopic (exact) mass is 273 g/mol. The smallest absolute Gasteiger partial charge is 0.328 e. The molecule has 0 bridgehead atoms. The Morgan fingerprint density at radius 3 is 3.00 bits per heavy atom. The zero-order valence-electron chi connectivity index (χ0n) is 10.5. The van der Waals surface area contributed by atoms with Crippen LogP contribution in [0.3, 0.4) is 0 Å². The summed E-state index contributed by atoms with van der Waals surface area (Å²) in [6.45, 7) is 0.452. The van der Waals surface area contributed by atoms with E-state index in [-0.39, 0.29) is 12.0 Å². The maximum Gasteiger partial charge on any atom is 0.328 e. The summed E-state index contributed by atoms with van der Waals surface area (Å²) in [5.74, 6) is -0.159. The maximum absolute atomic E-state index is 12.0. The molecule has 3 rings (SSSR count). The van der Waals surface area contributed by atoms with Crippen molar-refractivity contribution in [1.82, 2.24) is 0 Å². The van der Waals surface area contributed by atoms with Crippen LogP contribution in [0.1, 0.15) is 10.4 Å². The molecule has 0 saturated carbocycles. The predicted molar refractivity (Wildman–Crippen MR) is 76.5 cm³/mol. The highest BCUT2D eigenvalue weighted by molar-refractivity contribution is 7.09. The van der Waals surface area contributed by atoms with Gasteiger partial charge in [0.1, 0.15) is 6.04 Å². The van der Waals surface area contributed by atoms with Gasteiger partial charge in [0, 0.05) is 23.4 Å². The van der Waals surface area contributed by atoms with Crippen molar-refractivity contribution in [2.24, 2.45) is 0 Å². The summed E-state index contributed by atoms with van der Waals surface area (Å²) < 4.78 is 5.34.